The molecule has 0 saturated carbocycles. The first-order chi connectivity index (χ1) is 7.13. The van der Waals surface area contributed by atoms with E-state index in [0.717, 1.165) is 11.3 Å². The van der Waals surface area contributed by atoms with E-state index in [1.165, 1.54) is 6.07 Å². The number of hydrogen-bond donors (Lipinski definition) is 1. The highest BCUT2D eigenvalue weighted by molar-refractivity contribution is 6.02. The minimum atomic E-state index is -0.965. The second-order valence-corrected chi connectivity index (χ2v) is 3.46. The molecule has 4 nitrogen and oxygen atoms in total. The smallest absolute Gasteiger partial charge is 0.335 e. The maximum absolute atomic E-state index is 11.5. The van der Waals surface area contributed by atoms with Crippen molar-refractivity contribution in [3.63, 3.8) is 0 Å². The van der Waals surface area contributed by atoms with Gasteiger partial charge in [0.1, 0.15) is 0 Å². The van der Waals surface area contributed by atoms with Crippen molar-refractivity contribution >= 4 is 17.6 Å². The maximum atomic E-state index is 11.5. The van der Waals surface area contributed by atoms with Gasteiger partial charge in [0, 0.05) is 12.2 Å². The Balaban J connectivity index is 2.49. The van der Waals surface area contributed by atoms with E-state index in [4.69, 9.17) is 5.11 Å². The number of hydrogen-bond acceptors (Lipinski definition) is 2. The van der Waals surface area contributed by atoms with E-state index in [1.807, 2.05) is 6.92 Å². The lowest BCUT2D eigenvalue weighted by Gasteiger charge is -2.14. The highest BCUT2D eigenvalue weighted by Crippen LogP contribution is 2.29. The Morgan fingerprint density at radius 2 is 2.27 bits per heavy atom. The third kappa shape index (κ3) is 1.48. The minimum Gasteiger partial charge on any atom is -0.478 e. The number of aromatic carboxylic acids is 1. The number of carbonyl (C=O) groups is 2. The summed E-state index contributed by atoms with van der Waals surface area (Å²) in [4.78, 5) is 23.9. The van der Waals surface area contributed by atoms with Crippen LogP contribution >= 0.6 is 0 Å². The molecule has 0 fully saturated rings. The number of carboxylic acid groups (broad SMARTS) is 1. The molecule has 4 heteroatoms. The molecule has 1 aliphatic heterocycles. The number of fused-ring (bicyclic) bond motifs is 1. The maximum Gasteiger partial charge on any atom is 0.335 e. The van der Waals surface area contributed by atoms with E-state index in [9.17, 15) is 9.59 Å². The van der Waals surface area contributed by atoms with Gasteiger partial charge in [-0.05, 0) is 24.6 Å². The average molecular weight is 205 g/mol. The minimum absolute atomic E-state index is 0.0371. The summed E-state index contributed by atoms with van der Waals surface area (Å²) in [5.41, 5.74) is 1.87. The fraction of sp³-hybridized carbons (Fsp3) is 0.273. The predicted molar refractivity (Wildman–Crippen MR) is 55.1 cm³/mol. The molecule has 0 radical (unpaired) electrons. The van der Waals surface area contributed by atoms with Crippen LogP contribution in [0.1, 0.15) is 22.8 Å². The van der Waals surface area contributed by atoms with Crippen LogP contribution in [0.4, 0.5) is 5.69 Å². The molecular weight excluding hydrogens is 194 g/mol. The summed E-state index contributed by atoms with van der Waals surface area (Å²) >= 11 is 0. The topological polar surface area (TPSA) is 57.6 Å². The largest absolute Gasteiger partial charge is 0.478 e. The summed E-state index contributed by atoms with van der Waals surface area (Å²) in [6.45, 7) is 2.45. The Kier molecular flexibility index (Phi) is 2.19. The fourth-order valence-electron chi connectivity index (χ4n) is 1.84. The summed E-state index contributed by atoms with van der Waals surface area (Å²) < 4.78 is 0. The Labute approximate surface area is 87.1 Å². The van der Waals surface area contributed by atoms with Crippen molar-refractivity contribution in [2.75, 3.05) is 11.4 Å². The van der Waals surface area contributed by atoms with Gasteiger partial charge in [-0.1, -0.05) is 6.07 Å². The summed E-state index contributed by atoms with van der Waals surface area (Å²) in [6.07, 6.45) is 0.378. The van der Waals surface area contributed by atoms with Crippen molar-refractivity contribution in [1.29, 1.82) is 0 Å². The first kappa shape index (κ1) is 9.71. The molecule has 0 aromatic heterocycles. The molecule has 1 amide bonds. The molecule has 1 N–H and O–H groups in total. The van der Waals surface area contributed by atoms with Gasteiger partial charge in [0.2, 0.25) is 5.91 Å². The molecule has 1 aromatic rings. The van der Waals surface area contributed by atoms with E-state index in [2.05, 4.69) is 0 Å². The number of carboxylic acids is 1. The van der Waals surface area contributed by atoms with Crippen LogP contribution < -0.4 is 4.90 Å². The number of rotatable bonds is 2. The summed E-state index contributed by atoms with van der Waals surface area (Å²) in [5, 5.41) is 8.84. The highest BCUT2D eigenvalue weighted by atomic mass is 16.4. The van der Waals surface area contributed by atoms with Gasteiger partial charge in [0.25, 0.3) is 0 Å². The first-order valence-electron chi connectivity index (χ1n) is 4.80. The Hall–Kier alpha value is -1.84. The molecule has 1 aliphatic rings. The molecule has 78 valence electrons. The lowest BCUT2D eigenvalue weighted by atomic mass is 10.1. The molecule has 0 atom stereocenters. The molecule has 2 rings (SSSR count). The number of nitrogens with zero attached hydrogens (tertiary/aromatic N) is 1. The van der Waals surface area contributed by atoms with Gasteiger partial charge < -0.3 is 10.0 Å². The molecule has 1 aromatic carbocycles. The fourth-order valence-corrected chi connectivity index (χ4v) is 1.84. The van der Waals surface area contributed by atoms with Crippen LogP contribution in [0.15, 0.2) is 18.2 Å². The van der Waals surface area contributed by atoms with Gasteiger partial charge in [-0.2, -0.15) is 0 Å². The van der Waals surface area contributed by atoms with Crippen LogP contribution in [-0.2, 0) is 11.2 Å². The van der Waals surface area contributed by atoms with Crippen LogP contribution in [0.25, 0.3) is 0 Å². The number of anilines is 1. The first-order valence-corrected chi connectivity index (χ1v) is 4.80. The third-order valence-electron chi connectivity index (χ3n) is 2.58. The summed E-state index contributed by atoms with van der Waals surface area (Å²) in [7, 11) is 0. The quantitative estimate of drug-likeness (QED) is 0.791. The van der Waals surface area contributed by atoms with Crippen molar-refractivity contribution in [1.82, 2.24) is 0 Å². The molecule has 0 aliphatic carbocycles. The second kappa shape index (κ2) is 3.38. The predicted octanol–water partition coefficient (Wildman–Crippen LogP) is 1.29. The van der Waals surface area contributed by atoms with Crippen molar-refractivity contribution in [3.05, 3.63) is 29.3 Å². The highest BCUT2D eigenvalue weighted by Gasteiger charge is 2.26. The zero-order valence-electron chi connectivity index (χ0n) is 8.36. The molecule has 0 bridgehead atoms. The number of benzene rings is 1. The van der Waals surface area contributed by atoms with Gasteiger partial charge in [-0.15, -0.1) is 0 Å². The number of amides is 1. The molecule has 1 heterocycles. The van der Waals surface area contributed by atoms with Crippen LogP contribution in [-0.4, -0.2) is 23.5 Å². The van der Waals surface area contributed by atoms with Gasteiger partial charge in [-0.25, -0.2) is 4.79 Å². The van der Waals surface area contributed by atoms with Gasteiger partial charge in [0.05, 0.1) is 12.0 Å². The standard InChI is InChI=1S/C11H11NO3/c1-2-12-9-5-8(11(14)15)4-3-7(9)6-10(12)13/h3-5H,2,6H2,1H3,(H,14,15). The third-order valence-corrected chi connectivity index (χ3v) is 2.58. The number of likely N-dealkylation sites (N-methyl/N-ethyl adjacent to an activating group) is 1. The van der Waals surface area contributed by atoms with Crippen LogP contribution in [0, 0.1) is 0 Å². The monoisotopic (exact) mass is 205 g/mol. The summed E-state index contributed by atoms with van der Waals surface area (Å²) in [5.74, 6) is -0.928. The Morgan fingerprint density at radius 3 is 2.87 bits per heavy atom. The van der Waals surface area contributed by atoms with E-state index in [-0.39, 0.29) is 11.5 Å². The van der Waals surface area contributed by atoms with Crippen molar-refractivity contribution < 1.29 is 14.7 Å². The lowest BCUT2D eigenvalue weighted by Crippen LogP contribution is -2.26. The zero-order valence-corrected chi connectivity index (χ0v) is 8.36. The molecule has 15 heavy (non-hydrogen) atoms. The van der Waals surface area contributed by atoms with Crippen LogP contribution in [0.2, 0.25) is 0 Å². The van der Waals surface area contributed by atoms with Crippen LogP contribution in [0.5, 0.6) is 0 Å². The van der Waals surface area contributed by atoms with E-state index >= 15 is 0 Å². The molecule has 0 spiro atoms. The van der Waals surface area contributed by atoms with Gasteiger partial charge >= 0.3 is 5.97 Å². The zero-order chi connectivity index (χ0) is 11.0. The van der Waals surface area contributed by atoms with Crippen molar-refractivity contribution in [3.8, 4) is 0 Å². The Bertz CT molecular complexity index is 439. The molecular formula is C11H11NO3. The normalized spacial score (nSPS) is 14.2. The number of carbonyl (C=O) groups excluding carboxylic acids is 1. The molecule has 0 unspecified atom stereocenters. The lowest BCUT2D eigenvalue weighted by molar-refractivity contribution is -0.117. The van der Waals surface area contributed by atoms with E-state index in [1.54, 1.807) is 17.0 Å². The summed E-state index contributed by atoms with van der Waals surface area (Å²) in [6, 6.07) is 4.81. The molecule has 0 saturated heterocycles. The van der Waals surface area contributed by atoms with Crippen LogP contribution in [0.3, 0.4) is 0 Å². The van der Waals surface area contributed by atoms with E-state index < -0.39 is 5.97 Å². The van der Waals surface area contributed by atoms with Gasteiger partial charge in [0.15, 0.2) is 0 Å². The van der Waals surface area contributed by atoms with E-state index in [0.29, 0.717) is 13.0 Å². The Morgan fingerprint density at radius 1 is 1.53 bits per heavy atom. The van der Waals surface area contributed by atoms with Crippen molar-refractivity contribution in [2.45, 2.75) is 13.3 Å². The van der Waals surface area contributed by atoms with Crippen molar-refractivity contribution in [2.24, 2.45) is 0 Å². The van der Waals surface area contributed by atoms with Gasteiger partial charge in [-0.3, -0.25) is 4.79 Å². The average Bonchev–Trinajstić information content (AvgIpc) is 2.51. The second-order valence-electron chi connectivity index (χ2n) is 3.46. The SMILES string of the molecule is CCN1C(=O)Cc2ccc(C(=O)O)cc21.